The normalized spacial score (nSPS) is 10.4. The molecule has 0 unspecified atom stereocenters. The Morgan fingerprint density at radius 2 is 1.89 bits per heavy atom. The molecule has 1 aromatic heterocycles. The number of methoxy groups -OCH3 is 1. The van der Waals surface area contributed by atoms with Crippen molar-refractivity contribution in [2.24, 2.45) is 0 Å². The van der Waals surface area contributed by atoms with Gasteiger partial charge in [-0.2, -0.15) is 0 Å². The molecule has 0 fully saturated rings. The second kappa shape index (κ2) is 4.48. The van der Waals surface area contributed by atoms with Gasteiger partial charge >= 0.3 is 5.97 Å². The van der Waals surface area contributed by atoms with Gasteiger partial charge in [0.25, 0.3) is 0 Å². The van der Waals surface area contributed by atoms with Gasteiger partial charge in [0.1, 0.15) is 23.1 Å². The fourth-order valence-electron chi connectivity index (χ4n) is 1.49. The summed E-state index contributed by atoms with van der Waals surface area (Å²) in [5.41, 5.74) is -0.428. The van der Waals surface area contributed by atoms with Gasteiger partial charge in [0.15, 0.2) is 0 Å². The number of carbonyl (C=O) groups is 1. The lowest BCUT2D eigenvalue weighted by atomic mass is 10.1. The summed E-state index contributed by atoms with van der Waals surface area (Å²) in [7, 11) is 1.28. The van der Waals surface area contributed by atoms with Crippen molar-refractivity contribution in [2.75, 3.05) is 7.11 Å². The van der Waals surface area contributed by atoms with Crippen LogP contribution in [-0.2, 0) is 0 Å². The van der Waals surface area contributed by atoms with Gasteiger partial charge < -0.3 is 14.3 Å². The molecule has 0 atom stereocenters. The van der Waals surface area contributed by atoms with E-state index in [-0.39, 0.29) is 17.3 Å². The number of carboxylic acids is 1. The summed E-state index contributed by atoms with van der Waals surface area (Å²) >= 11 is 0. The van der Waals surface area contributed by atoms with Crippen molar-refractivity contribution >= 4 is 5.97 Å². The van der Waals surface area contributed by atoms with Crippen molar-refractivity contribution in [3.63, 3.8) is 0 Å². The monoisotopic (exact) mass is 254 g/mol. The lowest BCUT2D eigenvalue weighted by Gasteiger charge is -2.05. The predicted octanol–water partition coefficient (Wildman–Crippen LogP) is 2.93. The highest BCUT2D eigenvalue weighted by Crippen LogP contribution is 2.30. The first-order valence-electron chi connectivity index (χ1n) is 4.89. The van der Waals surface area contributed by atoms with Crippen molar-refractivity contribution in [2.45, 2.75) is 0 Å². The predicted molar refractivity (Wildman–Crippen MR) is 57.6 cm³/mol. The number of ether oxygens (including phenoxy) is 1. The Morgan fingerprint density at radius 1 is 1.28 bits per heavy atom. The van der Waals surface area contributed by atoms with Crippen LogP contribution in [0, 0.1) is 11.6 Å². The second-order valence-electron chi connectivity index (χ2n) is 3.44. The molecule has 0 radical (unpaired) electrons. The molecule has 94 valence electrons. The van der Waals surface area contributed by atoms with E-state index in [4.69, 9.17) is 14.3 Å². The van der Waals surface area contributed by atoms with Gasteiger partial charge in [-0.1, -0.05) is 0 Å². The third kappa shape index (κ3) is 2.04. The molecule has 0 aliphatic rings. The summed E-state index contributed by atoms with van der Waals surface area (Å²) < 4.78 is 36.9. The lowest BCUT2D eigenvalue weighted by molar-refractivity contribution is 0.0663. The van der Waals surface area contributed by atoms with Gasteiger partial charge in [-0.3, -0.25) is 0 Å². The maximum absolute atomic E-state index is 13.7. The van der Waals surface area contributed by atoms with Gasteiger partial charge in [0.05, 0.1) is 12.7 Å². The van der Waals surface area contributed by atoms with E-state index < -0.39 is 23.2 Å². The quantitative estimate of drug-likeness (QED) is 0.914. The van der Waals surface area contributed by atoms with Crippen LogP contribution >= 0.6 is 0 Å². The first kappa shape index (κ1) is 12.1. The largest absolute Gasteiger partial charge is 0.497 e. The van der Waals surface area contributed by atoms with Crippen LogP contribution in [0.2, 0.25) is 0 Å². The summed E-state index contributed by atoms with van der Waals surface area (Å²) in [6.07, 6.45) is 0. The van der Waals surface area contributed by atoms with E-state index >= 15 is 0 Å². The first-order valence-corrected chi connectivity index (χ1v) is 4.89. The zero-order chi connectivity index (χ0) is 13.3. The van der Waals surface area contributed by atoms with Gasteiger partial charge in [-0.25, -0.2) is 13.6 Å². The standard InChI is InChI=1S/C12H8F2O4/c1-17-6-4-7(13)11(8(14)5-6)9-2-3-10(18-9)12(15)16/h2-5H,1H3,(H,15,16). The smallest absolute Gasteiger partial charge is 0.371 e. The molecule has 0 amide bonds. The molecule has 0 aliphatic heterocycles. The highest BCUT2D eigenvalue weighted by atomic mass is 19.1. The Bertz CT molecular complexity index is 581. The Morgan fingerprint density at radius 3 is 2.33 bits per heavy atom. The van der Waals surface area contributed by atoms with E-state index in [0.29, 0.717) is 0 Å². The fourth-order valence-corrected chi connectivity index (χ4v) is 1.49. The Balaban J connectivity index is 2.53. The van der Waals surface area contributed by atoms with E-state index in [9.17, 15) is 13.6 Å². The third-order valence-electron chi connectivity index (χ3n) is 2.31. The van der Waals surface area contributed by atoms with E-state index in [2.05, 4.69) is 0 Å². The number of benzene rings is 1. The van der Waals surface area contributed by atoms with Crippen LogP contribution in [-0.4, -0.2) is 18.2 Å². The van der Waals surface area contributed by atoms with Gasteiger partial charge in [0, 0.05) is 12.1 Å². The number of halogens is 2. The van der Waals surface area contributed by atoms with Gasteiger partial charge in [-0.05, 0) is 12.1 Å². The van der Waals surface area contributed by atoms with Crippen molar-refractivity contribution in [3.8, 4) is 17.1 Å². The van der Waals surface area contributed by atoms with Crippen LogP contribution in [0.3, 0.4) is 0 Å². The molecule has 0 bridgehead atoms. The number of furan rings is 1. The van der Waals surface area contributed by atoms with Crippen LogP contribution in [0.4, 0.5) is 8.78 Å². The molecule has 1 N–H and O–H groups in total. The van der Waals surface area contributed by atoms with Gasteiger partial charge in [-0.15, -0.1) is 0 Å². The summed E-state index contributed by atoms with van der Waals surface area (Å²) in [6, 6.07) is 4.29. The molecule has 0 spiro atoms. The second-order valence-corrected chi connectivity index (χ2v) is 3.44. The molecule has 0 aliphatic carbocycles. The molecular formula is C12H8F2O4. The minimum atomic E-state index is -1.31. The SMILES string of the molecule is COc1cc(F)c(-c2ccc(C(=O)O)o2)c(F)c1. The zero-order valence-electron chi connectivity index (χ0n) is 9.24. The van der Waals surface area contributed by atoms with Gasteiger partial charge in [0.2, 0.25) is 5.76 Å². The minimum Gasteiger partial charge on any atom is -0.497 e. The van der Waals surface area contributed by atoms with Crippen molar-refractivity contribution < 1.29 is 27.8 Å². The van der Waals surface area contributed by atoms with Crippen LogP contribution < -0.4 is 4.74 Å². The Labute approximate surface area is 100 Å². The zero-order valence-corrected chi connectivity index (χ0v) is 9.24. The average molecular weight is 254 g/mol. The molecule has 2 rings (SSSR count). The summed E-state index contributed by atoms with van der Waals surface area (Å²) in [5, 5.41) is 8.66. The Kier molecular flexibility index (Phi) is 3.01. The van der Waals surface area contributed by atoms with E-state index in [0.717, 1.165) is 18.2 Å². The average Bonchev–Trinajstić information content (AvgIpc) is 2.77. The number of aromatic carboxylic acids is 1. The number of hydrogen-bond acceptors (Lipinski definition) is 3. The summed E-state index contributed by atoms with van der Waals surface area (Å²) in [6.45, 7) is 0. The molecule has 1 aromatic carbocycles. The molecule has 4 nitrogen and oxygen atoms in total. The lowest BCUT2D eigenvalue weighted by Crippen LogP contribution is -1.93. The van der Waals surface area contributed by atoms with Crippen LogP contribution in [0.15, 0.2) is 28.7 Å². The van der Waals surface area contributed by atoms with Crippen molar-refractivity contribution in [3.05, 3.63) is 41.7 Å². The molecule has 6 heteroatoms. The van der Waals surface area contributed by atoms with Crippen LogP contribution in [0.5, 0.6) is 5.75 Å². The molecule has 18 heavy (non-hydrogen) atoms. The molecule has 0 saturated heterocycles. The highest BCUT2D eigenvalue weighted by molar-refractivity contribution is 5.85. The number of hydrogen-bond donors (Lipinski definition) is 1. The topological polar surface area (TPSA) is 59.7 Å². The van der Waals surface area contributed by atoms with E-state index in [1.807, 2.05) is 0 Å². The van der Waals surface area contributed by atoms with Crippen molar-refractivity contribution in [1.29, 1.82) is 0 Å². The maximum atomic E-state index is 13.7. The fraction of sp³-hybridized carbons (Fsp3) is 0.0833. The minimum absolute atomic E-state index is 0.0266. The molecule has 1 heterocycles. The highest BCUT2D eigenvalue weighted by Gasteiger charge is 2.18. The molecular weight excluding hydrogens is 246 g/mol. The van der Waals surface area contributed by atoms with Crippen LogP contribution in [0.1, 0.15) is 10.6 Å². The van der Waals surface area contributed by atoms with E-state index in [1.54, 1.807) is 0 Å². The Hall–Kier alpha value is -2.37. The maximum Gasteiger partial charge on any atom is 0.371 e. The summed E-state index contributed by atoms with van der Waals surface area (Å²) in [4.78, 5) is 10.6. The van der Waals surface area contributed by atoms with Crippen molar-refractivity contribution in [1.82, 2.24) is 0 Å². The third-order valence-corrected chi connectivity index (χ3v) is 2.31. The summed E-state index contributed by atoms with van der Waals surface area (Å²) in [5.74, 6) is -3.64. The first-order chi connectivity index (χ1) is 8.52. The number of rotatable bonds is 3. The van der Waals surface area contributed by atoms with E-state index in [1.165, 1.54) is 13.2 Å². The van der Waals surface area contributed by atoms with Crippen LogP contribution in [0.25, 0.3) is 11.3 Å². The molecule has 0 saturated carbocycles. The molecule has 2 aromatic rings. The number of carboxylic acid groups (broad SMARTS) is 1.